The first-order valence-electron chi connectivity index (χ1n) is 7.86. The summed E-state index contributed by atoms with van der Waals surface area (Å²) < 4.78 is 6.44. The van der Waals surface area contributed by atoms with E-state index in [2.05, 4.69) is 32.8 Å². The maximum Gasteiger partial charge on any atom is 0.193 e. The van der Waals surface area contributed by atoms with Gasteiger partial charge in [0.1, 0.15) is 5.60 Å². The van der Waals surface area contributed by atoms with Crippen LogP contribution in [0.4, 0.5) is 0 Å². The Bertz CT molecular complexity index is 488. The van der Waals surface area contributed by atoms with Gasteiger partial charge in [0.05, 0.1) is 0 Å². The Morgan fingerprint density at radius 1 is 1.09 bits per heavy atom. The Balaban J connectivity index is 3.22. The molecule has 3 heteroatoms. The highest BCUT2D eigenvalue weighted by Gasteiger charge is 2.41. The fraction of sp³-hybridized carbons (Fsp3) is 0.421. The zero-order chi connectivity index (χ0) is 16.6. The van der Waals surface area contributed by atoms with Crippen molar-refractivity contribution >= 4 is 14.1 Å². The number of hydrogen-bond acceptors (Lipinski definition) is 2. The predicted octanol–water partition coefficient (Wildman–Crippen LogP) is 5.39. The molecule has 22 heavy (non-hydrogen) atoms. The highest BCUT2D eigenvalue weighted by molar-refractivity contribution is 6.70. The molecule has 0 fully saturated rings. The summed E-state index contributed by atoms with van der Waals surface area (Å²) in [6.07, 6.45) is 6.58. The molecular formula is C19H28O2Si. The summed E-state index contributed by atoms with van der Waals surface area (Å²) in [5, 5.41) is 0. The first kappa shape index (κ1) is 18.6. The van der Waals surface area contributed by atoms with Crippen LogP contribution in [0.2, 0.25) is 19.6 Å². The molecule has 0 aliphatic heterocycles. The van der Waals surface area contributed by atoms with Crippen LogP contribution in [0.1, 0.15) is 36.0 Å². The quantitative estimate of drug-likeness (QED) is 0.328. The van der Waals surface area contributed by atoms with Crippen LogP contribution in [-0.2, 0) is 4.43 Å². The predicted molar refractivity (Wildman–Crippen MR) is 96.8 cm³/mol. The summed E-state index contributed by atoms with van der Waals surface area (Å²) >= 11 is 0. The van der Waals surface area contributed by atoms with Crippen molar-refractivity contribution in [3.63, 3.8) is 0 Å². The zero-order valence-electron chi connectivity index (χ0n) is 14.1. The Hall–Kier alpha value is -1.45. The monoisotopic (exact) mass is 316 g/mol. The molecule has 120 valence electrons. The lowest BCUT2D eigenvalue weighted by Gasteiger charge is -2.38. The molecule has 0 aromatic heterocycles. The van der Waals surface area contributed by atoms with Crippen molar-refractivity contribution in [2.75, 3.05) is 0 Å². The van der Waals surface area contributed by atoms with Gasteiger partial charge in [-0.25, -0.2) is 0 Å². The largest absolute Gasteiger partial charge is 0.405 e. The van der Waals surface area contributed by atoms with Crippen LogP contribution in [0.25, 0.3) is 0 Å². The molecule has 0 heterocycles. The van der Waals surface area contributed by atoms with E-state index in [0.717, 1.165) is 12.8 Å². The van der Waals surface area contributed by atoms with Gasteiger partial charge in [-0.3, -0.25) is 4.79 Å². The van der Waals surface area contributed by atoms with E-state index in [-0.39, 0.29) is 5.78 Å². The van der Waals surface area contributed by atoms with E-state index in [1.54, 1.807) is 0 Å². The number of benzene rings is 1. The van der Waals surface area contributed by atoms with Crippen molar-refractivity contribution in [3.8, 4) is 0 Å². The van der Waals surface area contributed by atoms with Gasteiger partial charge in [-0.05, 0) is 45.3 Å². The molecule has 0 saturated carbocycles. The minimum Gasteiger partial charge on any atom is -0.405 e. The van der Waals surface area contributed by atoms with Gasteiger partial charge in [-0.15, -0.1) is 13.2 Å². The number of hydrogen-bond donors (Lipinski definition) is 0. The van der Waals surface area contributed by atoms with Crippen molar-refractivity contribution in [1.82, 2.24) is 0 Å². The first-order chi connectivity index (χ1) is 10.3. The first-order valence-corrected chi connectivity index (χ1v) is 11.3. The lowest BCUT2D eigenvalue weighted by atomic mass is 9.84. The number of rotatable bonds is 10. The van der Waals surface area contributed by atoms with Crippen molar-refractivity contribution in [2.24, 2.45) is 0 Å². The second-order valence-corrected chi connectivity index (χ2v) is 11.0. The average molecular weight is 317 g/mol. The topological polar surface area (TPSA) is 26.3 Å². The number of ketones is 1. The van der Waals surface area contributed by atoms with Crippen LogP contribution in [0.5, 0.6) is 0 Å². The van der Waals surface area contributed by atoms with Gasteiger partial charge >= 0.3 is 0 Å². The molecule has 0 bridgehead atoms. The maximum atomic E-state index is 13.2. The summed E-state index contributed by atoms with van der Waals surface area (Å²) in [6, 6.07) is 9.45. The van der Waals surface area contributed by atoms with Crippen molar-refractivity contribution in [2.45, 2.75) is 50.9 Å². The highest BCUT2D eigenvalue weighted by Crippen LogP contribution is 2.32. The van der Waals surface area contributed by atoms with Crippen LogP contribution in [0.15, 0.2) is 55.6 Å². The molecule has 1 aromatic rings. The van der Waals surface area contributed by atoms with Gasteiger partial charge in [0.15, 0.2) is 14.1 Å². The Labute approximate surface area is 136 Å². The lowest BCUT2D eigenvalue weighted by Crippen LogP contribution is -2.48. The second-order valence-electron chi connectivity index (χ2n) is 6.56. The van der Waals surface area contributed by atoms with Crippen molar-refractivity contribution in [1.29, 1.82) is 0 Å². The Morgan fingerprint density at radius 3 is 2.00 bits per heavy atom. The Morgan fingerprint density at radius 2 is 1.59 bits per heavy atom. The molecular weight excluding hydrogens is 288 g/mol. The van der Waals surface area contributed by atoms with Crippen molar-refractivity contribution in [3.05, 3.63) is 61.2 Å². The van der Waals surface area contributed by atoms with E-state index in [9.17, 15) is 4.79 Å². The highest BCUT2D eigenvalue weighted by atomic mass is 28.4. The van der Waals surface area contributed by atoms with Crippen LogP contribution >= 0.6 is 0 Å². The average Bonchev–Trinajstić information content (AvgIpc) is 2.49. The standard InChI is InChI=1S/C19H28O2Si/c1-6-8-15-19(16-9-7-2,21-22(3,4)5)18(20)17-13-11-10-12-14-17/h6-7,10-14H,1-2,8-9,15-16H2,3-5H3. The molecule has 2 nitrogen and oxygen atoms in total. The van der Waals surface area contributed by atoms with E-state index in [0.29, 0.717) is 18.4 Å². The summed E-state index contributed by atoms with van der Waals surface area (Å²) in [5.41, 5.74) is -0.0531. The molecule has 0 N–H and O–H groups in total. The number of Topliss-reactive ketones (excluding diaryl/α,β-unsaturated/α-hetero) is 1. The van der Waals surface area contributed by atoms with Gasteiger partial charge in [0, 0.05) is 5.56 Å². The molecule has 0 aliphatic carbocycles. The molecule has 1 rings (SSSR count). The fourth-order valence-electron chi connectivity index (χ4n) is 2.61. The SMILES string of the molecule is C=CCCC(CCC=C)(O[Si](C)(C)C)C(=O)c1ccccc1. The summed E-state index contributed by atoms with van der Waals surface area (Å²) in [4.78, 5) is 13.2. The van der Waals surface area contributed by atoms with Gasteiger partial charge in [0.2, 0.25) is 0 Å². The smallest absolute Gasteiger partial charge is 0.193 e. The van der Waals surface area contributed by atoms with Crippen molar-refractivity contribution < 1.29 is 9.22 Å². The van der Waals surface area contributed by atoms with Crippen LogP contribution in [0, 0.1) is 0 Å². The van der Waals surface area contributed by atoms with Crippen LogP contribution in [0.3, 0.4) is 0 Å². The molecule has 0 unspecified atom stereocenters. The summed E-state index contributed by atoms with van der Waals surface area (Å²) in [5.74, 6) is 0.0826. The van der Waals surface area contributed by atoms with E-state index >= 15 is 0 Å². The molecule has 0 atom stereocenters. The number of allylic oxidation sites excluding steroid dienone is 2. The van der Waals surface area contributed by atoms with E-state index in [4.69, 9.17) is 4.43 Å². The fourth-order valence-corrected chi connectivity index (χ4v) is 4.08. The molecule has 0 amide bonds. The minimum atomic E-state index is -1.88. The normalized spacial score (nSPS) is 12.0. The van der Waals surface area contributed by atoms with Crippen LogP contribution in [-0.4, -0.2) is 19.7 Å². The van der Waals surface area contributed by atoms with Gasteiger partial charge in [-0.1, -0.05) is 42.5 Å². The number of carbonyl (C=O) groups excluding carboxylic acids is 1. The third kappa shape index (κ3) is 5.39. The minimum absolute atomic E-state index is 0.0826. The molecule has 0 saturated heterocycles. The number of carbonyl (C=O) groups is 1. The molecule has 0 radical (unpaired) electrons. The van der Waals surface area contributed by atoms with Crippen LogP contribution < -0.4 is 0 Å². The van der Waals surface area contributed by atoms with E-state index < -0.39 is 13.9 Å². The Kier molecular flexibility index (Phi) is 6.97. The van der Waals surface area contributed by atoms with Gasteiger partial charge in [0.25, 0.3) is 0 Å². The molecule has 0 aliphatic rings. The van der Waals surface area contributed by atoms with Gasteiger partial charge < -0.3 is 4.43 Å². The zero-order valence-corrected chi connectivity index (χ0v) is 15.1. The summed E-state index contributed by atoms with van der Waals surface area (Å²) in [6.45, 7) is 14.0. The second kappa shape index (κ2) is 8.25. The molecule has 1 aromatic carbocycles. The van der Waals surface area contributed by atoms with Gasteiger partial charge in [-0.2, -0.15) is 0 Å². The third-order valence-corrected chi connectivity index (χ3v) is 4.46. The molecule has 0 spiro atoms. The lowest BCUT2D eigenvalue weighted by molar-refractivity contribution is 0.0336. The van der Waals surface area contributed by atoms with E-state index in [1.807, 2.05) is 42.5 Å². The van der Waals surface area contributed by atoms with E-state index in [1.165, 1.54) is 0 Å². The summed E-state index contributed by atoms with van der Waals surface area (Å²) in [7, 11) is -1.88. The maximum absolute atomic E-state index is 13.2. The third-order valence-electron chi connectivity index (χ3n) is 3.46.